The van der Waals surface area contributed by atoms with E-state index in [0.717, 1.165) is 16.9 Å². The first-order valence-corrected chi connectivity index (χ1v) is 8.17. The number of carbonyl (C=O) groups is 2. The van der Waals surface area contributed by atoms with Gasteiger partial charge in [-0.1, -0.05) is 25.1 Å². The predicted octanol–water partition coefficient (Wildman–Crippen LogP) is 2.30. The molecule has 0 bridgehead atoms. The van der Waals surface area contributed by atoms with Crippen LogP contribution in [-0.4, -0.2) is 48.6 Å². The quantitative estimate of drug-likeness (QED) is 0.879. The molecule has 0 radical (unpaired) electrons. The topological polar surface area (TPSA) is 58.6 Å². The molecule has 1 saturated heterocycles. The highest BCUT2D eigenvalue weighted by Crippen LogP contribution is 2.22. The maximum Gasteiger partial charge on any atom is 0.471 e. The monoisotopic (exact) mass is 358 g/mol. The molecular weight excluding hydrogens is 337 g/mol. The number of carbonyl (C=O) groups excluding carboxylic acids is 2. The second-order valence-corrected chi connectivity index (χ2v) is 5.88. The highest BCUT2D eigenvalue weighted by atomic mass is 19.4. The van der Waals surface area contributed by atoms with Gasteiger partial charge in [-0.05, 0) is 30.9 Å². The molecule has 0 saturated carbocycles. The number of amides is 2. The summed E-state index contributed by atoms with van der Waals surface area (Å²) in [6.07, 6.45) is -3.49. The van der Waals surface area contributed by atoms with Gasteiger partial charge in [0, 0.05) is 19.1 Å². The summed E-state index contributed by atoms with van der Waals surface area (Å²) >= 11 is 0. The smallest absolute Gasteiger partial charge is 0.471 e. The van der Waals surface area contributed by atoms with Crippen LogP contribution in [0.1, 0.15) is 25.3 Å². The summed E-state index contributed by atoms with van der Waals surface area (Å²) < 4.78 is 42.7. The molecular formula is C17H21F3N2O3. The lowest BCUT2D eigenvalue weighted by atomic mass is 10.0. The van der Waals surface area contributed by atoms with Crippen molar-refractivity contribution in [1.82, 2.24) is 10.2 Å². The lowest BCUT2D eigenvalue weighted by Crippen LogP contribution is -2.50. The predicted molar refractivity (Wildman–Crippen MR) is 85.1 cm³/mol. The lowest BCUT2D eigenvalue weighted by molar-refractivity contribution is -0.186. The van der Waals surface area contributed by atoms with Gasteiger partial charge in [-0.3, -0.25) is 9.59 Å². The Labute approximate surface area is 144 Å². The average Bonchev–Trinajstić information content (AvgIpc) is 2.59. The van der Waals surface area contributed by atoms with Crippen LogP contribution in [0.4, 0.5) is 13.2 Å². The lowest BCUT2D eigenvalue weighted by Gasteiger charge is -2.32. The second kappa shape index (κ2) is 8.22. The molecule has 1 aliphatic rings. The van der Waals surface area contributed by atoms with Crippen molar-refractivity contribution in [3.63, 3.8) is 0 Å². The number of halogens is 3. The first-order valence-electron chi connectivity index (χ1n) is 8.17. The zero-order valence-electron chi connectivity index (χ0n) is 13.9. The van der Waals surface area contributed by atoms with Gasteiger partial charge in [-0.15, -0.1) is 0 Å². The number of para-hydroxylation sites is 1. The van der Waals surface area contributed by atoms with Crippen molar-refractivity contribution < 1.29 is 27.5 Å². The molecule has 138 valence electrons. The molecule has 1 heterocycles. The summed E-state index contributed by atoms with van der Waals surface area (Å²) in [7, 11) is 0. The fourth-order valence-electron chi connectivity index (χ4n) is 2.76. The van der Waals surface area contributed by atoms with E-state index in [2.05, 4.69) is 5.32 Å². The van der Waals surface area contributed by atoms with E-state index in [1.54, 1.807) is 6.07 Å². The number of nitrogens with one attached hydrogen (secondary N) is 1. The molecule has 1 fully saturated rings. The minimum Gasteiger partial charge on any atom is -0.483 e. The van der Waals surface area contributed by atoms with Crippen molar-refractivity contribution in [1.29, 1.82) is 0 Å². The standard InChI is InChI=1S/C17H21F3N2O3/c1-2-12-5-3-4-6-14(12)25-11-15(23)21-13-7-9-22(10-8-13)16(24)17(18,19)20/h3-6,13H,2,7-11H2,1H3,(H,21,23). The molecule has 0 spiro atoms. The number of hydrogen-bond donors (Lipinski definition) is 1. The van der Waals surface area contributed by atoms with Crippen molar-refractivity contribution in [2.45, 2.75) is 38.4 Å². The number of benzene rings is 1. The normalized spacial score (nSPS) is 15.8. The number of rotatable bonds is 5. The van der Waals surface area contributed by atoms with Crippen LogP contribution in [-0.2, 0) is 16.0 Å². The van der Waals surface area contributed by atoms with E-state index in [9.17, 15) is 22.8 Å². The fraction of sp³-hybridized carbons (Fsp3) is 0.529. The molecule has 0 atom stereocenters. The molecule has 1 N–H and O–H groups in total. The van der Waals surface area contributed by atoms with Gasteiger partial charge in [-0.2, -0.15) is 13.2 Å². The van der Waals surface area contributed by atoms with Gasteiger partial charge in [0.15, 0.2) is 6.61 Å². The van der Waals surface area contributed by atoms with Crippen LogP contribution in [0.25, 0.3) is 0 Å². The Kier molecular flexibility index (Phi) is 6.27. The van der Waals surface area contributed by atoms with E-state index in [1.165, 1.54) is 0 Å². The molecule has 25 heavy (non-hydrogen) atoms. The van der Waals surface area contributed by atoms with Crippen molar-refractivity contribution in [2.75, 3.05) is 19.7 Å². The number of aryl methyl sites for hydroxylation is 1. The number of nitrogens with zero attached hydrogens (tertiary/aromatic N) is 1. The number of alkyl halides is 3. The van der Waals surface area contributed by atoms with Gasteiger partial charge >= 0.3 is 12.1 Å². The average molecular weight is 358 g/mol. The third kappa shape index (κ3) is 5.37. The molecule has 2 rings (SSSR count). The Hall–Kier alpha value is -2.25. The Morgan fingerprint density at radius 3 is 2.48 bits per heavy atom. The minimum atomic E-state index is -4.85. The van der Waals surface area contributed by atoms with Crippen LogP contribution in [0.2, 0.25) is 0 Å². The third-order valence-electron chi connectivity index (χ3n) is 4.10. The second-order valence-electron chi connectivity index (χ2n) is 5.88. The maximum atomic E-state index is 12.4. The van der Waals surface area contributed by atoms with E-state index in [-0.39, 0.29) is 31.6 Å². The summed E-state index contributed by atoms with van der Waals surface area (Å²) in [4.78, 5) is 23.9. The highest BCUT2D eigenvalue weighted by Gasteiger charge is 2.43. The summed E-state index contributed by atoms with van der Waals surface area (Å²) in [5, 5.41) is 2.74. The molecule has 1 aliphatic heterocycles. The Morgan fingerprint density at radius 2 is 1.88 bits per heavy atom. The zero-order valence-corrected chi connectivity index (χ0v) is 13.9. The van der Waals surface area contributed by atoms with Crippen molar-refractivity contribution in [2.24, 2.45) is 0 Å². The van der Waals surface area contributed by atoms with Crippen LogP contribution in [0.15, 0.2) is 24.3 Å². The zero-order chi connectivity index (χ0) is 18.4. The Bertz CT molecular complexity index is 611. The number of hydrogen-bond acceptors (Lipinski definition) is 3. The molecule has 0 aromatic heterocycles. The first-order chi connectivity index (χ1) is 11.8. The van der Waals surface area contributed by atoms with E-state index in [0.29, 0.717) is 18.6 Å². The van der Waals surface area contributed by atoms with Crippen LogP contribution >= 0.6 is 0 Å². The van der Waals surface area contributed by atoms with Gasteiger partial charge in [0.1, 0.15) is 5.75 Å². The van der Waals surface area contributed by atoms with E-state index in [1.807, 2.05) is 25.1 Å². The van der Waals surface area contributed by atoms with Crippen molar-refractivity contribution >= 4 is 11.8 Å². The van der Waals surface area contributed by atoms with Crippen LogP contribution in [0.5, 0.6) is 5.75 Å². The Balaban J connectivity index is 1.76. The van der Waals surface area contributed by atoms with Crippen LogP contribution in [0.3, 0.4) is 0 Å². The molecule has 0 unspecified atom stereocenters. The summed E-state index contributed by atoms with van der Waals surface area (Å²) in [5.74, 6) is -1.51. The molecule has 1 aromatic carbocycles. The third-order valence-corrected chi connectivity index (χ3v) is 4.10. The van der Waals surface area contributed by atoms with Crippen molar-refractivity contribution in [3.8, 4) is 5.75 Å². The minimum absolute atomic E-state index is 0.0250. The molecule has 2 amide bonds. The summed E-state index contributed by atoms with van der Waals surface area (Å²) in [6.45, 7) is 1.78. The van der Waals surface area contributed by atoms with Crippen molar-refractivity contribution in [3.05, 3.63) is 29.8 Å². The van der Waals surface area contributed by atoms with E-state index < -0.39 is 12.1 Å². The summed E-state index contributed by atoms with van der Waals surface area (Å²) in [6, 6.07) is 7.16. The van der Waals surface area contributed by atoms with Gasteiger partial charge < -0.3 is 15.0 Å². The van der Waals surface area contributed by atoms with Crippen LogP contribution < -0.4 is 10.1 Å². The SMILES string of the molecule is CCc1ccccc1OCC(=O)NC1CCN(C(=O)C(F)(F)F)CC1. The molecule has 0 aliphatic carbocycles. The first kappa shape index (κ1) is 19.1. The number of ether oxygens (including phenoxy) is 1. The largest absolute Gasteiger partial charge is 0.483 e. The Morgan fingerprint density at radius 1 is 1.24 bits per heavy atom. The fourth-order valence-corrected chi connectivity index (χ4v) is 2.76. The van der Waals surface area contributed by atoms with Gasteiger partial charge in [0.2, 0.25) is 0 Å². The van der Waals surface area contributed by atoms with Gasteiger partial charge in [0.05, 0.1) is 0 Å². The molecule has 8 heteroatoms. The van der Waals surface area contributed by atoms with E-state index in [4.69, 9.17) is 4.74 Å². The molecule has 1 aromatic rings. The highest BCUT2D eigenvalue weighted by molar-refractivity contribution is 5.82. The van der Waals surface area contributed by atoms with Gasteiger partial charge in [-0.25, -0.2) is 0 Å². The van der Waals surface area contributed by atoms with Gasteiger partial charge in [0.25, 0.3) is 5.91 Å². The van der Waals surface area contributed by atoms with E-state index >= 15 is 0 Å². The maximum absolute atomic E-state index is 12.4. The van der Waals surface area contributed by atoms with Crippen LogP contribution in [0, 0.1) is 0 Å². The number of piperidine rings is 1. The summed E-state index contributed by atoms with van der Waals surface area (Å²) in [5.41, 5.74) is 0.995. The number of likely N-dealkylation sites (tertiary alicyclic amines) is 1. The molecule has 5 nitrogen and oxygen atoms in total.